The number of anilines is 1. The molecule has 1 atom stereocenters. The van der Waals surface area contributed by atoms with Crippen LogP contribution in [0.3, 0.4) is 0 Å². The number of halogens is 1. The predicted molar refractivity (Wildman–Crippen MR) is 74.7 cm³/mol. The fourth-order valence-corrected chi connectivity index (χ4v) is 3.07. The van der Waals surface area contributed by atoms with Gasteiger partial charge in [0.1, 0.15) is 17.4 Å². The van der Waals surface area contributed by atoms with Gasteiger partial charge in [-0.25, -0.2) is 4.39 Å². The summed E-state index contributed by atoms with van der Waals surface area (Å²) in [4.78, 5) is 41.3. The number of carbonyl (C=O) groups is 3. The highest BCUT2D eigenvalue weighted by molar-refractivity contribution is 6.26. The molecule has 0 spiro atoms. The minimum atomic E-state index is -0.772. The molecule has 0 bridgehead atoms. The summed E-state index contributed by atoms with van der Waals surface area (Å²) in [6.07, 6.45) is 1.82. The predicted octanol–water partition coefficient (Wildman–Crippen LogP) is 1.14. The number of imide groups is 1. The number of amides is 3. The normalized spacial score (nSPS) is 20.7. The summed E-state index contributed by atoms with van der Waals surface area (Å²) in [6.45, 7) is 0. The summed E-state index contributed by atoms with van der Waals surface area (Å²) in [5.41, 5.74) is 0.890. The molecule has 2 aromatic rings. The van der Waals surface area contributed by atoms with E-state index in [-0.39, 0.29) is 30.2 Å². The molecule has 1 saturated heterocycles. The van der Waals surface area contributed by atoms with E-state index in [1.54, 1.807) is 6.07 Å². The first-order valence-corrected chi connectivity index (χ1v) is 6.82. The molecule has 0 radical (unpaired) electrons. The molecule has 2 aliphatic rings. The lowest BCUT2D eigenvalue weighted by atomic mass is 10.0. The number of piperidine rings is 1. The second-order valence-electron chi connectivity index (χ2n) is 5.29. The van der Waals surface area contributed by atoms with Crippen molar-refractivity contribution in [3.8, 4) is 0 Å². The van der Waals surface area contributed by atoms with Crippen LogP contribution in [0.2, 0.25) is 0 Å². The second kappa shape index (κ2) is 4.33. The fraction of sp³-hybridized carbons (Fsp3) is 0.200. The standard InChI is InChI=1S/C15H10FN3O3/c16-8-2-1-7-12-9(5-6-17-13(8)12)19(15(7)22)10-3-4-11(20)18-14(10)21/h1-2,5-6,10H,3-4H2,(H,18,20,21). The van der Waals surface area contributed by atoms with Gasteiger partial charge in [0, 0.05) is 18.0 Å². The van der Waals surface area contributed by atoms with Crippen LogP contribution >= 0.6 is 0 Å². The minimum absolute atomic E-state index is 0.109. The number of rotatable bonds is 1. The van der Waals surface area contributed by atoms with Crippen LogP contribution in [0.5, 0.6) is 0 Å². The molecule has 1 fully saturated rings. The molecule has 22 heavy (non-hydrogen) atoms. The van der Waals surface area contributed by atoms with Crippen LogP contribution in [0.25, 0.3) is 10.9 Å². The van der Waals surface area contributed by atoms with Gasteiger partial charge in [-0.05, 0) is 24.6 Å². The maximum atomic E-state index is 13.9. The maximum absolute atomic E-state index is 13.9. The number of hydrogen-bond acceptors (Lipinski definition) is 4. The average molecular weight is 299 g/mol. The molecule has 110 valence electrons. The Kier molecular flexibility index (Phi) is 2.53. The van der Waals surface area contributed by atoms with Gasteiger partial charge in [-0.15, -0.1) is 0 Å². The van der Waals surface area contributed by atoms with Crippen molar-refractivity contribution in [2.75, 3.05) is 4.90 Å². The average Bonchev–Trinajstić information content (AvgIpc) is 2.77. The third kappa shape index (κ3) is 1.59. The van der Waals surface area contributed by atoms with Gasteiger partial charge in [-0.1, -0.05) is 0 Å². The summed E-state index contributed by atoms with van der Waals surface area (Å²) in [5.74, 6) is -1.75. The lowest BCUT2D eigenvalue weighted by molar-refractivity contribution is -0.134. The van der Waals surface area contributed by atoms with Crippen molar-refractivity contribution in [3.63, 3.8) is 0 Å². The van der Waals surface area contributed by atoms with Crippen molar-refractivity contribution in [3.05, 3.63) is 35.8 Å². The first-order chi connectivity index (χ1) is 10.6. The van der Waals surface area contributed by atoms with Crippen LogP contribution in [0.4, 0.5) is 10.1 Å². The summed E-state index contributed by atoms with van der Waals surface area (Å²) in [6, 6.07) is 3.41. The van der Waals surface area contributed by atoms with Crippen molar-refractivity contribution >= 4 is 34.3 Å². The molecule has 1 unspecified atom stereocenters. The Morgan fingerprint density at radius 2 is 2.05 bits per heavy atom. The second-order valence-corrected chi connectivity index (χ2v) is 5.29. The fourth-order valence-electron chi connectivity index (χ4n) is 3.07. The van der Waals surface area contributed by atoms with Crippen molar-refractivity contribution in [1.82, 2.24) is 10.3 Å². The number of carbonyl (C=O) groups excluding carboxylic acids is 3. The zero-order chi connectivity index (χ0) is 15.4. The summed E-state index contributed by atoms with van der Waals surface area (Å²) >= 11 is 0. The number of benzene rings is 1. The van der Waals surface area contributed by atoms with Gasteiger partial charge in [0.15, 0.2) is 0 Å². The Morgan fingerprint density at radius 3 is 2.82 bits per heavy atom. The lowest BCUT2D eigenvalue weighted by Crippen LogP contribution is -2.53. The maximum Gasteiger partial charge on any atom is 0.259 e. The van der Waals surface area contributed by atoms with Gasteiger partial charge in [0.25, 0.3) is 5.91 Å². The third-order valence-electron chi connectivity index (χ3n) is 4.05. The van der Waals surface area contributed by atoms with E-state index in [2.05, 4.69) is 10.3 Å². The molecule has 1 N–H and O–H groups in total. The zero-order valence-electron chi connectivity index (χ0n) is 11.3. The molecule has 0 aliphatic carbocycles. The van der Waals surface area contributed by atoms with E-state index in [0.29, 0.717) is 16.6 Å². The quantitative estimate of drug-likeness (QED) is 0.801. The van der Waals surface area contributed by atoms with Crippen molar-refractivity contribution < 1.29 is 18.8 Å². The summed E-state index contributed by atoms with van der Waals surface area (Å²) in [5, 5.41) is 2.65. The molecule has 0 saturated carbocycles. The molecule has 3 heterocycles. The Labute approximate surface area is 123 Å². The topological polar surface area (TPSA) is 79.4 Å². The number of nitrogens with one attached hydrogen (secondary N) is 1. The first-order valence-electron chi connectivity index (χ1n) is 6.82. The van der Waals surface area contributed by atoms with Crippen LogP contribution in [-0.4, -0.2) is 28.7 Å². The van der Waals surface area contributed by atoms with Crippen molar-refractivity contribution in [2.24, 2.45) is 0 Å². The number of aromatic nitrogens is 1. The van der Waals surface area contributed by atoms with E-state index >= 15 is 0 Å². The van der Waals surface area contributed by atoms with E-state index in [4.69, 9.17) is 0 Å². The number of hydrogen-bond donors (Lipinski definition) is 1. The SMILES string of the molecule is O=C1CCC(N2C(=O)c3ccc(F)c4nccc2c34)C(=O)N1. The molecule has 7 heteroatoms. The Balaban J connectivity index is 1.89. The van der Waals surface area contributed by atoms with E-state index in [0.717, 1.165) is 0 Å². The highest BCUT2D eigenvalue weighted by Crippen LogP contribution is 2.39. The number of nitrogens with zero attached hydrogens (tertiary/aromatic N) is 2. The lowest BCUT2D eigenvalue weighted by Gasteiger charge is -2.30. The van der Waals surface area contributed by atoms with Gasteiger partial charge in [0.05, 0.1) is 11.3 Å². The molecule has 1 aromatic carbocycles. The monoisotopic (exact) mass is 299 g/mol. The first kappa shape index (κ1) is 12.9. The largest absolute Gasteiger partial charge is 0.295 e. The molecule has 2 aliphatic heterocycles. The zero-order valence-corrected chi connectivity index (χ0v) is 11.3. The van der Waals surface area contributed by atoms with Crippen LogP contribution in [-0.2, 0) is 9.59 Å². The van der Waals surface area contributed by atoms with Crippen LogP contribution in [0, 0.1) is 5.82 Å². The van der Waals surface area contributed by atoms with E-state index in [1.165, 1.54) is 23.2 Å². The van der Waals surface area contributed by atoms with Crippen molar-refractivity contribution in [2.45, 2.75) is 18.9 Å². The van der Waals surface area contributed by atoms with Crippen molar-refractivity contribution in [1.29, 1.82) is 0 Å². The molecule has 3 amide bonds. The summed E-state index contributed by atoms with van der Waals surface area (Å²) in [7, 11) is 0. The molecular weight excluding hydrogens is 289 g/mol. The summed E-state index contributed by atoms with van der Waals surface area (Å²) < 4.78 is 13.9. The van der Waals surface area contributed by atoms with Gasteiger partial charge in [-0.2, -0.15) is 0 Å². The molecule has 6 nitrogen and oxygen atoms in total. The van der Waals surface area contributed by atoms with Crippen LogP contribution < -0.4 is 10.2 Å². The smallest absolute Gasteiger partial charge is 0.259 e. The van der Waals surface area contributed by atoms with Gasteiger partial charge in [-0.3, -0.25) is 29.6 Å². The highest BCUT2D eigenvalue weighted by atomic mass is 19.1. The molecule has 1 aromatic heterocycles. The Morgan fingerprint density at radius 1 is 1.23 bits per heavy atom. The third-order valence-corrected chi connectivity index (χ3v) is 4.05. The minimum Gasteiger partial charge on any atom is -0.295 e. The Hall–Kier alpha value is -2.83. The van der Waals surface area contributed by atoms with Gasteiger partial charge < -0.3 is 0 Å². The molecular formula is C15H10FN3O3. The Bertz CT molecular complexity index is 864. The van der Waals surface area contributed by atoms with Gasteiger partial charge in [0.2, 0.25) is 11.8 Å². The van der Waals surface area contributed by atoms with E-state index in [1.807, 2.05) is 0 Å². The molecule has 4 rings (SSSR count). The van der Waals surface area contributed by atoms with Crippen LogP contribution in [0.15, 0.2) is 24.4 Å². The number of pyridine rings is 1. The van der Waals surface area contributed by atoms with Gasteiger partial charge >= 0.3 is 0 Å². The van der Waals surface area contributed by atoms with E-state index in [9.17, 15) is 18.8 Å². The van der Waals surface area contributed by atoms with E-state index < -0.39 is 17.8 Å². The van der Waals surface area contributed by atoms with Crippen LogP contribution in [0.1, 0.15) is 23.2 Å². The highest BCUT2D eigenvalue weighted by Gasteiger charge is 2.41.